The van der Waals surface area contributed by atoms with Crippen molar-refractivity contribution in [3.05, 3.63) is 34.3 Å². The van der Waals surface area contributed by atoms with Crippen LogP contribution < -0.4 is 0 Å². The molecule has 20 heavy (non-hydrogen) atoms. The summed E-state index contributed by atoms with van der Waals surface area (Å²) in [7, 11) is 0. The Morgan fingerprint density at radius 2 is 2.00 bits per heavy atom. The number of carbonyl (C=O) groups is 2. The van der Waals surface area contributed by atoms with Gasteiger partial charge in [-0.05, 0) is 36.5 Å². The third-order valence-electron chi connectivity index (χ3n) is 4.43. The number of halogens is 1. The van der Waals surface area contributed by atoms with E-state index in [2.05, 4.69) is 0 Å². The van der Waals surface area contributed by atoms with Crippen molar-refractivity contribution in [2.45, 2.75) is 25.8 Å². The molecule has 1 aliphatic heterocycles. The average molecular weight is 294 g/mol. The van der Waals surface area contributed by atoms with Crippen molar-refractivity contribution in [1.29, 1.82) is 0 Å². The van der Waals surface area contributed by atoms with Gasteiger partial charge in [-0.25, -0.2) is 0 Å². The smallest absolute Gasteiger partial charge is 0.307 e. The number of aliphatic carboxylic acids is 1. The van der Waals surface area contributed by atoms with Gasteiger partial charge in [0.15, 0.2) is 0 Å². The highest BCUT2D eigenvalue weighted by Crippen LogP contribution is 2.37. The third-order valence-corrected chi connectivity index (χ3v) is 4.78. The van der Waals surface area contributed by atoms with E-state index in [1.807, 2.05) is 18.2 Å². The minimum atomic E-state index is -0.852. The van der Waals surface area contributed by atoms with Gasteiger partial charge in [-0.1, -0.05) is 23.7 Å². The molecule has 2 atom stereocenters. The van der Waals surface area contributed by atoms with Crippen molar-refractivity contribution in [3.8, 4) is 0 Å². The highest BCUT2D eigenvalue weighted by Gasteiger charge is 2.43. The van der Waals surface area contributed by atoms with Crippen LogP contribution in [0.1, 0.15) is 24.0 Å². The molecule has 4 nitrogen and oxygen atoms in total. The summed E-state index contributed by atoms with van der Waals surface area (Å²) in [5.41, 5.74) is 2.19. The van der Waals surface area contributed by atoms with E-state index >= 15 is 0 Å². The van der Waals surface area contributed by atoms with E-state index in [1.54, 1.807) is 4.90 Å². The van der Waals surface area contributed by atoms with E-state index in [0.717, 1.165) is 22.6 Å². The highest BCUT2D eigenvalue weighted by atomic mass is 35.5. The molecule has 1 saturated carbocycles. The van der Waals surface area contributed by atoms with Crippen molar-refractivity contribution >= 4 is 23.5 Å². The fourth-order valence-corrected chi connectivity index (χ4v) is 3.37. The van der Waals surface area contributed by atoms with E-state index in [9.17, 15) is 9.59 Å². The van der Waals surface area contributed by atoms with E-state index in [0.29, 0.717) is 25.9 Å². The van der Waals surface area contributed by atoms with Gasteiger partial charge in [0.2, 0.25) is 5.91 Å². The molecule has 1 N–H and O–H groups in total. The van der Waals surface area contributed by atoms with Gasteiger partial charge in [-0.3, -0.25) is 9.59 Å². The maximum Gasteiger partial charge on any atom is 0.307 e. The van der Waals surface area contributed by atoms with E-state index in [4.69, 9.17) is 16.7 Å². The Bertz CT molecular complexity index is 572. The summed E-state index contributed by atoms with van der Waals surface area (Å²) >= 11 is 6.15. The van der Waals surface area contributed by atoms with Gasteiger partial charge in [-0.15, -0.1) is 0 Å². The van der Waals surface area contributed by atoms with E-state index < -0.39 is 11.9 Å². The molecule has 2 unspecified atom stereocenters. The molecule has 1 aliphatic carbocycles. The van der Waals surface area contributed by atoms with Gasteiger partial charge in [-0.2, -0.15) is 0 Å². The first-order chi connectivity index (χ1) is 9.58. The minimum Gasteiger partial charge on any atom is -0.481 e. The zero-order valence-corrected chi connectivity index (χ0v) is 11.8. The van der Waals surface area contributed by atoms with Crippen LogP contribution in [0, 0.1) is 11.8 Å². The summed E-state index contributed by atoms with van der Waals surface area (Å²) in [6.07, 6.45) is 2.04. The standard InChI is InChI=1S/C15H16ClNO3/c16-13-3-1-2-9-8-17(7-6-10(9)13)14(18)11-4-5-12(11)15(19)20/h1-3,11-12H,4-8H2,(H,19,20). The molecule has 0 saturated heterocycles. The van der Waals surface area contributed by atoms with Gasteiger partial charge in [0, 0.05) is 18.1 Å². The third kappa shape index (κ3) is 2.18. The lowest BCUT2D eigenvalue weighted by Gasteiger charge is -2.38. The molecule has 3 rings (SSSR count). The molecular formula is C15H16ClNO3. The van der Waals surface area contributed by atoms with Gasteiger partial charge in [0.1, 0.15) is 0 Å². The molecule has 1 heterocycles. The van der Waals surface area contributed by atoms with Crippen molar-refractivity contribution in [1.82, 2.24) is 4.90 Å². The molecule has 0 bridgehead atoms. The monoisotopic (exact) mass is 293 g/mol. The average Bonchev–Trinajstić information content (AvgIpc) is 2.36. The molecule has 0 spiro atoms. The molecule has 1 aromatic rings. The second-order valence-electron chi connectivity index (χ2n) is 5.52. The maximum atomic E-state index is 12.4. The number of carbonyl (C=O) groups excluding carboxylic acids is 1. The van der Waals surface area contributed by atoms with Crippen LogP contribution in [-0.2, 0) is 22.6 Å². The number of carboxylic acid groups (broad SMARTS) is 1. The summed E-state index contributed by atoms with van der Waals surface area (Å²) in [4.78, 5) is 25.2. The van der Waals surface area contributed by atoms with E-state index in [-0.39, 0.29) is 11.8 Å². The normalized spacial score (nSPS) is 24.8. The molecule has 5 heteroatoms. The number of benzene rings is 1. The summed E-state index contributed by atoms with van der Waals surface area (Å²) < 4.78 is 0. The zero-order valence-electron chi connectivity index (χ0n) is 11.0. The van der Waals surface area contributed by atoms with Crippen LogP contribution in [0.25, 0.3) is 0 Å². The molecule has 1 aromatic carbocycles. The molecule has 0 aromatic heterocycles. The lowest BCUT2D eigenvalue weighted by molar-refractivity contribution is -0.157. The molecule has 106 valence electrons. The van der Waals surface area contributed by atoms with Crippen LogP contribution in [0.15, 0.2) is 18.2 Å². The summed E-state index contributed by atoms with van der Waals surface area (Å²) in [5, 5.41) is 9.81. The number of carboxylic acids is 1. The number of amides is 1. The van der Waals surface area contributed by atoms with E-state index in [1.165, 1.54) is 0 Å². The molecular weight excluding hydrogens is 278 g/mol. The lowest BCUT2D eigenvalue weighted by Crippen LogP contribution is -2.47. The Morgan fingerprint density at radius 3 is 2.65 bits per heavy atom. The Morgan fingerprint density at radius 1 is 1.25 bits per heavy atom. The Hall–Kier alpha value is -1.55. The second kappa shape index (κ2) is 5.09. The van der Waals surface area contributed by atoms with Crippen molar-refractivity contribution in [2.24, 2.45) is 11.8 Å². The molecule has 2 aliphatic rings. The van der Waals surface area contributed by atoms with Crippen LogP contribution in [-0.4, -0.2) is 28.4 Å². The van der Waals surface area contributed by atoms with Crippen molar-refractivity contribution in [2.75, 3.05) is 6.54 Å². The maximum absolute atomic E-state index is 12.4. The van der Waals surface area contributed by atoms with Gasteiger partial charge < -0.3 is 10.0 Å². The van der Waals surface area contributed by atoms with Crippen LogP contribution in [0.2, 0.25) is 5.02 Å². The summed E-state index contributed by atoms with van der Waals surface area (Å²) in [6, 6.07) is 5.74. The summed E-state index contributed by atoms with van der Waals surface area (Å²) in [5.74, 6) is -1.71. The highest BCUT2D eigenvalue weighted by molar-refractivity contribution is 6.31. The van der Waals surface area contributed by atoms with Crippen molar-refractivity contribution < 1.29 is 14.7 Å². The Kier molecular flexibility index (Phi) is 3.42. The van der Waals surface area contributed by atoms with Gasteiger partial charge in [0.05, 0.1) is 11.8 Å². The number of hydrogen-bond acceptors (Lipinski definition) is 2. The molecule has 1 fully saturated rings. The van der Waals surface area contributed by atoms with Crippen LogP contribution >= 0.6 is 11.6 Å². The van der Waals surface area contributed by atoms with Gasteiger partial charge in [0.25, 0.3) is 0 Å². The van der Waals surface area contributed by atoms with Gasteiger partial charge >= 0.3 is 5.97 Å². The quantitative estimate of drug-likeness (QED) is 0.910. The lowest BCUT2D eigenvalue weighted by atomic mass is 9.72. The Labute approximate surface area is 122 Å². The topological polar surface area (TPSA) is 57.6 Å². The number of hydrogen-bond donors (Lipinski definition) is 1. The SMILES string of the molecule is O=C(O)C1CCC1C(=O)N1CCc2c(Cl)cccc2C1. The fraction of sp³-hybridized carbons (Fsp3) is 0.467. The first-order valence-electron chi connectivity index (χ1n) is 6.86. The largest absolute Gasteiger partial charge is 0.481 e. The predicted octanol–water partition coefficient (Wildman–Crippen LogP) is 2.34. The molecule has 1 amide bonds. The number of nitrogens with zero attached hydrogens (tertiary/aromatic N) is 1. The predicted molar refractivity (Wildman–Crippen MR) is 74.4 cm³/mol. The minimum absolute atomic E-state index is 0.0192. The Balaban J connectivity index is 1.74. The first-order valence-corrected chi connectivity index (χ1v) is 7.23. The number of fused-ring (bicyclic) bond motifs is 1. The van der Waals surface area contributed by atoms with Crippen LogP contribution in [0.5, 0.6) is 0 Å². The zero-order chi connectivity index (χ0) is 14.3. The van der Waals surface area contributed by atoms with Crippen molar-refractivity contribution in [3.63, 3.8) is 0 Å². The first kappa shape index (κ1) is 13.4. The molecule has 0 radical (unpaired) electrons. The number of rotatable bonds is 2. The summed E-state index contributed by atoms with van der Waals surface area (Å²) in [6.45, 7) is 1.16. The van der Waals surface area contributed by atoms with Crippen LogP contribution in [0.4, 0.5) is 0 Å². The fourth-order valence-electron chi connectivity index (χ4n) is 3.08. The second-order valence-corrected chi connectivity index (χ2v) is 5.92. The van der Waals surface area contributed by atoms with Crippen LogP contribution in [0.3, 0.4) is 0 Å².